The summed E-state index contributed by atoms with van der Waals surface area (Å²) in [5, 5.41) is 3.09. The van der Waals surface area contributed by atoms with E-state index in [9.17, 15) is 4.79 Å². The van der Waals surface area contributed by atoms with Crippen LogP contribution in [0.4, 0.5) is 0 Å². The summed E-state index contributed by atoms with van der Waals surface area (Å²) in [6, 6.07) is 8.09. The van der Waals surface area contributed by atoms with Crippen molar-refractivity contribution in [1.82, 2.24) is 10.2 Å². The monoisotopic (exact) mass is 260 g/mol. The van der Waals surface area contributed by atoms with Gasteiger partial charge in [0.05, 0.1) is 6.42 Å². The van der Waals surface area contributed by atoms with Gasteiger partial charge in [-0.3, -0.25) is 4.79 Å². The normalized spacial score (nSPS) is 17.4. The molecule has 0 bridgehead atoms. The van der Waals surface area contributed by atoms with Crippen LogP contribution in [0.5, 0.6) is 0 Å². The van der Waals surface area contributed by atoms with Crippen LogP contribution in [0.15, 0.2) is 24.3 Å². The number of hydrogen-bond acceptors (Lipinski definition) is 2. The van der Waals surface area contributed by atoms with E-state index in [2.05, 4.69) is 30.3 Å². The highest BCUT2D eigenvalue weighted by atomic mass is 16.1. The maximum Gasteiger partial charge on any atom is 0.224 e. The molecule has 3 heteroatoms. The lowest BCUT2D eigenvalue weighted by atomic mass is 9.97. The number of hydrogen-bond donors (Lipinski definition) is 1. The van der Waals surface area contributed by atoms with E-state index in [0.29, 0.717) is 12.3 Å². The second-order valence-electron chi connectivity index (χ2n) is 5.65. The van der Waals surface area contributed by atoms with E-state index in [1.165, 1.54) is 18.4 Å². The van der Waals surface area contributed by atoms with Crippen molar-refractivity contribution in [2.75, 3.05) is 26.7 Å². The average molecular weight is 260 g/mol. The number of nitrogens with zero attached hydrogens (tertiary/aromatic N) is 1. The zero-order chi connectivity index (χ0) is 13.7. The average Bonchev–Trinajstić information content (AvgIpc) is 2.41. The Kier molecular flexibility index (Phi) is 4.97. The Morgan fingerprint density at radius 3 is 2.68 bits per heavy atom. The van der Waals surface area contributed by atoms with Crippen LogP contribution in [-0.2, 0) is 11.2 Å². The molecular formula is C16H24N2O. The van der Waals surface area contributed by atoms with Crippen LogP contribution in [0, 0.1) is 12.8 Å². The maximum absolute atomic E-state index is 12.0. The van der Waals surface area contributed by atoms with Gasteiger partial charge in [0.25, 0.3) is 0 Å². The highest BCUT2D eigenvalue weighted by molar-refractivity contribution is 5.78. The minimum atomic E-state index is 0.147. The molecule has 1 amide bonds. The van der Waals surface area contributed by atoms with Gasteiger partial charge < -0.3 is 10.2 Å². The van der Waals surface area contributed by atoms with Crippen molar-refractivity contribution in [3.63, 3.8) is 0 Å². The van der Waals surface area contributed by atoms with Gasteiger partial charge in [0.2, 0.25) is 5.91 Å². The van der Waals surface area contributed by atoms with E-state index in [1.807, 2.05) is 18.2 Å². The Balaban J connectivity index is 1.74. The third-order valence-corrected chi connectivity index (χ3v) is 4.04. The first-order valence-electron chi connectivity index (χ1n) is 7.15. The number of rotatable bonds is 4. The Hall–Kier alpha value is -1.35. The maximum atomic E-state index is 12.0. The molecule has 1 fully saturated rings. The summed E-state index contributed by atoms with van der Waals surface area (Å²) in [6.45, 7) is 5.19. The molecule has 0 atom stereocenters. The van der Waals surface area contributed by atoms with Gasteiger partial charge in [-0.1, -0.05) is 24.3 Å². The SMILES string of the molecule is Cc1ccccc1CC(=O)NCC1CCN(C)CC1. The van der Waals surface area contributed by atoms with Crippen molar-refractivity contribution in [2.45, 2.75) is 26.2 Å². The second kappa shape index (κ2) is 6.71. The topological polar surface area (TPSA) is 32.3 Å². The smallest absolute Gasteiger partial charge is 0.224 e. The van der Waals surface area contributed by atoms with Crippen LogP contribution < -0.4 is 5.32 Å². The summed E-state index contributed by atoms with van der Waals surface area (Å²) >= 11 is 0. The summed E-state index contributed by atoms with van der Waals surface area (Å²) in [5.41, 5.74) is 2.32. The van der Waals surface area contributed by atoms with Gasteiger partial charge in [0, 0.05) is 6.54 Å². The molecule has 1 N–H and O–H groups in total. The van der Waals surface area contributed by atoms with Gasteiger partial charge in [-0.25, -0.2) is 0 Å². The molecule has 0 saturated carbocycles. The standard InChI is InChI=1S/C16H24N2O/c1-13-5-3-4-6-15(13)11-16(19)17-12-14-7-9-18(2)10-8-14/h3-6,14H,7-12H2,1-2H3,(H,17,19). The predicted molar refractivity (Wildman–Crippen MR) is 78.1 cm³/mol. The third-order valence-electron chi connectivity index (χ3n) is 4.04. The highest BCUT2D eigenvalue weighted by Crippen LogP contribution is 2.15. The molecule has 0 unspecified atom stereocenters. The van der Waals surface area contributed by atoms with E-state index >= 15 is 0 Å². The molecule has 1 heterocycles. The molecule has 3 nitrogen and oxygen atoms in total. The summed E-state index contributed by atoms with van der Waals surface area (Å²) in [4.78, 5) is 14.3. The lowest BCUT2D eigenvalue weighted by Crippen LogP contribution is -2.37. The highest BCUT2D eigenvalue weighted by Gasteiger charge is 2.17. The Bertz CT molecular complexity index is 423. The van der Waals surface area contributed by atoms with E-state index in [0.717, 1.165) is 25.2 Å². The van der Waals surface area contributed by atoms with E-state index in [-0.39, 0.29) is 5.91 Å². The van der Waals surface area contributed by atoms with Crippen molar-refractivity contribution in [2.24, 2.45) is 5.92 Å². The first kappa shape index (κ1) is 14.1. The Morgan fingerprint density at radius 2 is 2.00 bits per heavy atom. The van der Waals surface area contributed by atoms with Gasteiger partial charge in [-0.15, -0.1) is 0 Å². The van der Waals surface area contributed by atoms with E-state index in [1.54, 1.807) is 0 Å². The van der Waals surface area contributed by atoms with Crippen molar-refractivity contribution in [1.29, 1.82) is 0 Å². The number of benzene rings is 1. The number of aryl methyl sites for hydroxylation is 1. The summed E-state index contributed by atoms with van der Waals surface area (Å²) < 4.78 is 0. The third kappa shape index (κ3) is 4.35. The van der Waals surface area contributed by atoms with Crippen LogP contribution in [0.2, 0.25) is 0 Å². The molecule has 1 aromatic carbocycles. The summed E-state index contributed by atoms with van der Waals surface area (Å²) in [5.74, 6) is 0.797. The Labute approximate surface area is 116 Å². The number of carbonyl (C=O) groups excluding carboxylic acids is 1. The van der Waals surface area contributed by atoms with Crippen molar-refractivity contribution in [3.05, 3.63) is 35.4 Å². The first-order valence-corrected chi connectivity index (χ1v) is 7.15. The van der Waals surface area contributed by atoms with Gasteiger partial charge in [-0.2, -0.15) is 0 Å². The van der Waals surface area contributed by atoms with Gasteiger partial charge in [0.15, 0.2) is 0 Å². The van der Waals surface area contributed by atoms with Gasteiger partial charge in [-0.05, 0) is 56.9 Å². The van der Waals surface area contributed by atoms with E-state index in [4.69, 9.17) is 0 Å². The first-order chi connectivity index (χ1) is 9.15. The quantitative estimate of drug-likeness (QED) is 0.898. The van der Waals surface area contributed by atoms with Crippen molar-refractivity contribution in [3.8, 4) is 0 Å². The fraction of sp³-hybridized carbons (Fsp3) is 0.562. The molecule has 0 radical (unpaired) electrons. The van der Waals surface area contributed by atoms with Crippen LogP contribution in [0.25, 0.3) is 0 Å². The summed E-state index contributed by atoms with van der Waals surface area (Å²) in [7, 11) is 2.16. The number of piperidine rings is 1. The van der Waals surface area contributed by atoms with Crippen LogP contribution in [0.1, 0.15) is 24.0 Å². The molecule has 1 aromatic rings. The van der Waals surface area contributed by atoms with Crippen LogP contribution in [-0.4, -0.2) is 37.5 Å². The van der Waals surface area contributed by atoms with Gasteiger partial charge >= 0.3 is 0 Å². The number of likely N-dealkylation sites (tertiary alicyclic amines) is 1. The number of amides is 1. The van der Waals surface area contributed by atoms with Crippen molar-refractivity contribution >= 4 is 5.91 Å². The zero-order valence-corrected chi connectivity index (χ0v) is 12.0. The molecule has 0 spiro atoms. The van der Waals surface area contributed by atoms with Crippen LogP contribution in [0.3, 0.4) is 0 Å². The minimum Gasteiger partial charge on any atom is -0.356 e. The molecule has 19 heavy (non-hydrogen) atoms. The number of carbonyl (C=O) groups is 1. The van der Waals surface area contributed by atoms with Crippen molar-refractivity contribution < 1.29 is 4.79 Å². The molecule has 2 rings (SSSR count). The fourth-order valence-electron chi connectivity index (χ4n) is 2.57. The molecular weight excluding hydrogens is 236 g/mol. The van der Waals surface area contributed by atoms with Crippen LogP contribution >= 0.6 is 0 Å². The molecule has 1 aliphatic heterocycles. The lowest BCUT2D eigenvalue weighted by molar-refractivity contribution is -0.120. The largest absolute Gasteiger partial charge is 0.356 e. The zero-order valence-electron chi connectivity index (χ0n) is 12.0. The minimum absolute atomic E-state index is 0.147. The van der Waals surface area contributed by atoms with E-state index < -0.39 is 0 Å². The fourth-order valence-corrected chi connectivity index (χ4v) is 2.57. The molecule has 1 aliphatic rings. The summed E-state index contributed by atoms with van der Waals surface area (Å²) in [6.07, 6.45) is 2.89. The molecule has 0 aliphatic carbocycles. The second-order valence-corrected chi connectivity index (χ2v) is 5.65. The Morgan fingerprint density at radius 1 is 1.32 bits per heavy atom. The van der Waals surface area contributed by atoms with Gasteiger partial charge in [0.1, 0.15) is 0 Å². The molecule has 1 saturated heterocycles. The number of nitrogens with one attached hydrogen (secondary N) is 1. The molecule has 104 valence electrons. The lowest BCUT2D eigenvalue weighted by Gasteiger charge is -2.28. The molecule has 0 aromatic heterocycles. The predicted octanol–water partition coefficient (Wildman–Crippen LogP) is 2.00.